The van der Waals surface area contributed by atoms with Crippen molar-refractivity contribution >= 4 is 46.1 Å². The van der Waals surface area contributed by atoms with Gasteiger partial charge in [0, 0.05) is 11.8 Å². The third kappa shape index (κ3) is 12.2. The van der Waals surface area contributed by atoms with Gasteiger partial charge in [-0.15, -0.1) is 0 Å². The fourth-order valence-corrected chi connectivity index (χ4v) is 2.73. The van der Waals surface area contributed by atoms with E-state index in [1.54, 1.807) is 13.8 Å². The van der Waals surface area contributed by atoms with Crippen LogP contribution in [-0.2, 0) is 19.1 Å². The second-order valence-electron chi connectivity index (χ2n) is 7.92. The molecule has 10 nitrogen and oxygen atoms in total. The first-order chi connectivity index (χ1) is 17.6. The Morgan fingerprint density at radius 1 is 0.897 bits per heavy atom. The van der Waals surface area contributed by atoms with Gasteiger partial charge in [-0.25, -0.2) is 28.3 Å². The fraction of sp³-hybridized carbons (Fsp3) is 0.462. The molecule has 2 aliphatic rings. The number of hydrogen-bond acceptors (Lipinski definition) is 9. The van der Waals surface area contributed by atoms with Crippen molar-refractivity contribution in [3.8, 4) is 0 Å². The predicted octanol–water partition coefficient (Wildman–Crippen LogP) is 5.16. The van der Waals surface area contributed by atoms with Gasteiger partial charge in [-0.3, -0.25) is 9.59 Å². The third-order valence-corrected chi connectivity index (χ3v) is 5.12. The number of carbonyl (C=O) groups is 4. The Morgan fingerprint density at radius 2 is 1.36 bits per heavy atom. The highest BCUT2D eigenvalue weighted by molar-refractivity contribution is 6.64. The molecule has 39 heavy (non-hydrogen) atoms. The van der Waals surface area contributed by atoms with Crippen molar-refractivity contribution in [3.63, 3.8) is 0 Å². The number of nitrogens with zero attached hydrogens (tertiary/aromatic N) is 2. The molecule has 0 aromatic carbocycles. The molecule has 0 spiro atoms. The largest absolute Gasteiger partial charge is 0.461 e. The number of carbonyl (C=O) groups excluding carboxylic acids is 4. The number of nitrogens with one attached hydrogen (secondary N) is 1. The molecule has 13 heteroatoms. The molecule has 1 amide bonds. The molecule has 0 aliphatic heterocycles. The van der Waals surface area contributed by atoms with Crippen LogP contribution in [0.1, 0.15) is 75.4 Å². The van der Waals surface area contributed by atoms with Crippen LogP contribution >= 0.6 is 11.6 Å². The second kappa shape index (κ2) is 17.0. The maximum Gasteiger partial charge on any atom is 0.356 e. The van der Waals surface area contributed by atoms with Crippen LogP contribution in [0.2, 0.25) is 0 Å². The van der Waals surface area contributed by atoms with Crippen LogP contribution in [0.15, 0.2) is 24.5 Å². The zero-order valence-electron chi connectivity index (χ0n) is 20.3. The van der Waals surface area contributed by atoms with Crippen molar-refractivity contribution in [3.05, 3.63) is 47.5 Å². The maximum absolute atomic E-state index is 13.4. The first-order valence-corrected chi connectivity index (χ1v) is 11.9. The molecular formula is C26H35ClF2N4O6. The number of aromatic nitrogens is 2. The number of ether oxygens (including phenoxy) is 2. The standard InChI is InChI=1S/C12H13FN2O3.C8H9FN2O2.C4H5ClO.2CH4/c1-2-18-12(17)10-5-9(8(13)6-14-10)15-11(16)7-3-4-7;1-2-13-8(12)7-3-6(10)5(9)4-11-7;5-4(6)3-1-2-3;;/h5-7H,2-4H2,1H3,(H,14,15,16);3-4H,2H2,1H3,(H2,10,11);3H,1-2H2;2*1H4. The Hall–Kier alpha value is -3.67. The lowest BCUT2D eigenvalue weighted by Gasteiger charge is -2.07. The molecule has 2 heterocycles. The van der Waals surface area contributed by atoms with E-state index in [-0.39, 0.29) is 73.8 Å². The molecule has 216 valence electrons. The highest BCUT2D eigenvalue weighted by Crippen LogP contribution is 2.31. The van der Waals surface area contributed by atoms with Gasteiger partial charge in [0.15, 0.2) is 23.0 Å². The van der Waals surface area contributed by atoms with Crippen molar-refractivity contribution in [1.29, 1.82) is 0 Å². The van der Waals surface area contributed by atoms with Crippen LogP contribution in [0, 0.1) is 23.5 Å². The van der Waals surface area contributed by atoms with Crippen LogP contribution in [0.4, 0.5) is 20.2 Å². The van der Waals surface area contributed by atoms with Crippen LogP contribution in [0.5, 0.6) is 0 Å². The number of rotatable bonds is 7. The number of esters is 2. The summed E-state index contributed by atoms with van der Waals surface area (Å²) >= 11 is 5.04. The number of nitrogens with two attached hydrogens (primary N) is 1. The van der Waals surface area contributed by atoms with Crippen molar-refractivity contribution in [2.45, 2.75) is 54.4 Å². The number of amides is 1. The molecule has 4 rings (SSSR count). The lowest BCUT2D eigenvalue weighted by atomic mass is 10.3. The molecule has 0 bridgehead atoms. The van der Waals surface area contributed by atoms with E-state index in [9.17, 15) is 28.0 Å². The van der Waals surface area contributed by atoms with Gasteiger partial charge in [0.05, 0.1) is 37.0 Å². The first kappa shape index (κ1) is 35.3. The van der Waals surface area contributed by atoms with Gasteiger partial charge in [0.25, 0.3) is 0 Å². The minimum Gasteiger partial charge on any atom is -0.461 e. The van der Waals surface area contributed by atoms with E-state index < -0.39 is 23.6 Å². The van der Waals surface area contributed by atoms with E-state index in [0.717, 1.165) is 44.1 Å². The van der Waals surface area contributed by atoms with Gasteiger partial charge < -0.3 is 20.5 Å². The highest BCUT2D eigenvalue weighted by atomic mass is 35.5. The summed E-state index contributed by atoms with van der Waals surface area (Å²) in [6.07, 6.45) is 5.47. The smallest absolute Gasteiger partial charge is 0.356 e. The summed E-state index contributed by atoms with van der Waals surface area (Å²) in [6, 6.07) is 2.33. The van der Waals surface area contributed by atoms with Gasteiger partial charge >= 0.3 is 11.9 Å². The summed E-state index contributed by atoms with van der Waals surface area (Å²) in [7, 11) is 0. The van der Waals surface area contributed by atoms with Gasteiger partial charge in [-0.2, -0.15) is 0 Å². The van der Waals surface area contributed by atoms with Crippen LogP contribution in [-0.4, -0.2) is 46.3 Å². The maximum atomic E-state index is 13.4. The Bertz CT molecular complexity index is 1140. The molecular weight excluding hydrogens is 538 g/mol. The Balaban J connectivity index is 0.000000603. The van der Waals surface area contributed by atoms with Crippen molar-refractivity contribution in [2.24, 2.45) is 11.8 Å². The quantitative estimate of drug-likeness (QED) is 0.338. The normalized spacial score (nSPS) is 12.9. The number of anilines is 2. The van der Waals surface area contributed by atoms with E-state index in [0.29, 0.717) is 0 Å². The first-order valence-electron chi connectivity index (χ1n) is 11.5. The third-order valence-electron chi connectivity index (χ3n) is 4.81. The zero-order valence-corrected chi connectivity index (χ0v) is 21.0. The van der Waals surface area contributed by atoms with E-state index >= 15 is 0 Å². The van der Waals surface area contributed by atoms with E-state index in [1.165, 1.54) is 6.07 Å². The zero-order chi connectivity index (χ0) is 27.5. The Morgan fingerprint density at radius 3 is 1.74 bits per heavy atom. The summed E-state index contributed by atoms with van der Waals surface area (Å²) in [5.41, 5.74) is 5.07. The molecule has 2 fully saturated rings. The van der Waals surface area contributed by atoms with E-state index in [4.69, 9.17) is 22.1 Å². The van der Waals surface area contributed by atoms with Crippen LogP contribution < -0.4 is 11.1 Å². The van der Waals surface area contributed by atoms with Crippen molar-refractivity contribution < 1.29 is 37.4 Å². The summed E-state index contributed by atoms with van der Waals surface area (Å²) in [5.74, 6) is -2.59. The predicted molar refractivity (Wildman–Crippen MR) is 143 cm³/mol. The summed E-state index contributed by atoms with van der Waals surface area (Å²) in [5, 5.41) is 2.29. The topological polar surface area (TPSA) is 151 Å². The van der Waals surface area contributed by atoms with Gasteiger partial charge in [0.1, 0.15) is 0 Å². The number of halogens is 3. The molecule has 2 saturated carbocycles. The van der Waals surface area contributed by atoms with Gasteiger partial charge in [-0.05, 0) is 63.3 Å². The lowest BCUT2D eigenvalue weighted by Crippen LogP contribution is -2.16. The van der Waals surface area contributed by atoms with Crippen LogP contribution in [0.3, 0.4) is 0 Å². The number of nitrogen functional groups attached to an aromatic ring is 1. The molecule has 2 aromatic heterocycles. The van der Waals surface area contributed by atoms with E-state index in [1.807, 2.05) is 0 Å². The average molecular weight is 573 g/mol. The summed E-state index contributed by atoms with van der Waals surface area (Å²) < 4.78 is 35.4. The second-order valence-corrected chi connectivity index (χ2v) is 8.30. The highest BCUT2D eigenvalue weighted by Gasteiger charge is 2.30. The Kier molecular flexibility index (Phi) is 15.4. The SMILES string of the molecule is C.C.CCOC(=O)c1cc(N)c(F)cn1.CCOC(=O)c1cc(NC(=O)C2CC2)c(F)cn1.O=C(Cl)C1CC1. The van der Waals surface area contributed by atoms with Crippen LogP contribution in [0.25, 0.3) is 0 Å². The molecule has 0 atom stereocenters. The molecule has 0 radical (unpaired) electrons. The average Bonchev–Trinajstić information content (AvgIpc) is 3.76. The van der Waals surface area contributed by atoms with E-state index in [2.05, 4.69) is 20.0 Å². The fourth-order valence-electron chi connectivity index (χ4n) is 2.51. The minimum atomic E-state index is -0.669. The molecule has 2 aromatic rings. The van der Waals surface area contributed by atoms with Crippen molar-refractivity contribution in [2.75, 3.05) is 24.3 Å². The lowest BCUT2D eigenvalue weighted by molar-refractivity contribution is -0.117. The molecule has 2 aliphatic carbocycles. The monoisotopic (exact) mass is 572 g/mol. The minimum absolute atomic E-state index is 0. The van der Waals surface area contributed by atoms with Gasteiger partial charge in [0.2, 0.25) is 11.1 Å². The number of pyridine rings is 2. The summed E-state index contributed by atoms with van der Waals surface area (Å²) in [6.45, 7) is 3.79. The van der Waals surface area contributed by atoms with Gasteiger partial charge in [-0.1, -0.05) is 14.9 Å². The number of hydrogen-bond donors (Lipinski definition) is 2. The molecule has 0 unspecified atom stereocenters. The summed E-state index contributed by atoms with van der Waals surface area (Å²) in [4.78, 5) is 51.1. The molecule has 0 saturated heterocycles. The van der Waals surface area contributed by atoms with Crippen molar-refractivity contribution in [1.82, 2.24) is 9.97 Å². The Labute approximate surface area is 231 Å². The molecule has 3 N–H and O–H groups in total.